The number of carbonyl (C=O) groups is 1. The predicted molar refractivity (Wildman–Crippen MR) is 59.7 cm³/mol. The molecule has 5 heteroatoms. The Morgan fingerprint density at radius 3 is 3.12 bits per heavy atom. The van der Waals surface area contributed by atoms with Crippen molar-refractivity contribution >= 4 is 5.97 Å². The molecule has 0 aromatic carbocycles. The standard InChI is InChI=1S/C11H17N3O2/c1-2-10-9(11(15)16)7-13-14(10)8-4-3-5-12-6-8/h7-8,12H,2-6H2,1H3,(H,15,16)/t8-/m1/s1. The van der Waals surface area contributed by atoms with Crippen LogP contribution in [0.5, 0.6) is 0 Å². The van der Waals surface area contributed by atoms with E-state index in [1.54, 1.807) is 0 Å². The van der Waals surface area contributed by atoms with Crippen molar-refractivity contribution in [3.63, 3.8) is 0 Å². The zero-order valence-electron chi connectivity index (χ0n) is 9.44. The summed E-state index contributed by atoms with van der Waals surface area (Å²) in [5.41, 5.74) is 1.18. The maximum Gasteiger partial charge on any atom is 0.339 e. The summed E-state index contributed by atoms with van der Waals surface area (Å²) < 4.78 is 1.88. The van der Waals surface area contributed by atoms with Gasteiger partial charge in [-0.25, -0.2) is 4.79 Å². The van der Waals surface area contributed by atoms with Crippen molar-refractivity contribution in [1.29, 1.82) is 0 Å². The van der Waals surface area contributed by atoms with Crippen molar-refractivity contribution < 1.29 is 9.90 Å². The summed E-state index contributed by atoms with van der Waals surface area (Å²) in [7, 11) is 0. The largest absolute Gasteiger partial charge is 0.478 e. The van der Waals surface area contributed by atoms with Crippen LogP contribution in [-0.4, -0.2) is 33.9 Å². The third kappa shape index (κ3) is 1.95. The number of piperidine rings is 1. The number of carboxylic acid groups (broad SMARTS) is 1. The van der Waals surface area contributed by atoms with Gasteiger partial charge in [-0.1, -0.05) is 6.92 Å². The number of nitrogens with zero attached hydrogens (tertiary/aromatic N) is 2. The lowest BCUT2D eigenvalue weighted by atomic mass is 10.1. The van der Waals surface area contributed by atoms with Crippen LogP contribution >= 0.6 is 0 Å². The smallest absolute Gasteiger partial charge is 0.339 e. The van der Waals surface area contributed by atoms with Gasteiger partial charge in [0.25, 0.3) is 0 Å². The van der Waals surface area contributed by atoms with E-state index in [1.807, 2.05) is 11.6 Å². The molecule has 1 aliphatic heterocycles. The van der Waals surface area contributed by atoms with E-state index in [2.05, 4.69) is 10.4 Å². The average molecular weight is 223 g/mol. The van der Waals surface area contributed by atoms with Gasteiger partial charge >= 0.3 is 5.97 Å². The summed E-state index contributed by atoms with van der Waals surface area (Å²) in [6, 6.07) is 0.303. The van der Waals surface area contributed by atoms with Gasteiger partial charge in [0.2, 0.25) is 0 Å². The minimum atomic E-state index is -0.883. The highest BCUT2D eigenvalue weighted by molar-refractivity contribution is 5.88. The van der Waals surface area contributed by atoms with Gasteiger partial charge in [-0.15, -0.1) is 0 Å². The SMILES string of the molecule is CCc1c(C(=O)O)cnn1[C@@H]1CCCNC1. The van der Waals surface area contributed by atoms with E-state index in [0.717, 1.165) is 31.6 Å². The van der Waals surface area contributed by atoms with E-state index >= 15 is 0 Å². The fourth-order valence-corrected chi connectivity index (χ4v) is 2.28. The first kappa shape index (κ1) is 11.1. The topological polar surface area (TPSA) is 67.1 Å². The Kier molecular flexibility index (Phi) is 3.24. The van der Waals surface area contributed by atoms with Gasteiger partial charge < -0.3 is 10.4 Å². The molecule has 0 unspecified atom stereocenters. The number of aromatic carboxylic acids is 1. The zero-order valence-corrected chi connectivity index (χ0v) is 9.44. The molecule has 1 fully saturated rings. The zero-order chi connectivity index (χ0) is 11.5. The van der Waals surface area contributed by atoms with Crippen molar-refractivity contribution in [2.24, 2.45) is 0 Å². The van der Waals surface area contributed by atoms with Crippen LogP contribution < -0.4 is 5.32 Å². The molecule has 0 saturated carbocycles. The van der Waals surface area contributed by atoms with Crippen molar-refractivity contribution in [3.05, 3.63) is 17.5 Å². The lowest BCUT2D eigenvalue weighted by Crippen LogP contribution is -2.33. The van der Waals surface area contributed by atoms with E-state index in [0.29, 0.717) is 18.0 Å². The molecular weight excluding hydrogens is 206 g/mol. The average Bonchev–Trinajstić information content (AvgIpc) is 2.73. The molecule has 0 amide bonds. The van der Waals surface area contributed by atoms with E-state index < -0.39 is 5.97 Å². The van der Waals surface area contributed by atoms with E-state index in [9.17, 15) is 4.79 Å². The lowest BCUT2D eigenvalue weighted by Gasteiger charge is -2.24. The molecule has 2 rings (SSSR count). The van der Waals surface area contributed by atoms with Gasteiger partial charge in [-0.05, 0) is 25.8 Å². The summed E-state index contributed by atoms with van der Waals surface area (Å²) in [5.74, 6) is -0.883. The molecule has 1 aliphatic rings. The second kappa shape index (κ2) is 4.65. The molecule has 5 nitrogen and oxygen atoms in total. The predicted octanol–water partition coefficient (Wildman–Crippen LogP) is 1.07. The van der Waals surface area contributed by atoms with E-state index in [4.69, 9.17) is 5.11 Å². The molecule has 0 aliphatic carbocycles. The van der Waals surface area contributed by atoms with Gasteiger partial charge in [0.1, 0.15) is 5.56 Å². The second-order valence-electron chi connectivity index (χ2n) is 4.11. The molecule has 16 heavy (non-hydrogen) atoms. The van der Waals surface area contributed by atoms with Crippen molar-refractivity contribution in [1.82, 2.24) is 15.1 Å². The summed E-state index contributed by atoms with van der Waals surface area (Å²) >= 11 is 0. The van der Waals surface area contributed by atoms with Crippen LogP contribution in [0, 0.1) is 0 Å². The molecule has 0 radical (unpaired) electrons. The Bertz CT molecular complexity index is 381. The monoisotopic (exact) mass is 223 g/mol. The number of hydrogen-bond acceptors (Lipinski definition) is 3. The van der Waals surface area contributed by atoms with Crippen LogP contribution in [0.25, 0.3) is 0 Å². The highest BCUT2D eigenvalue weighted by Crippen LogP contribution is 2.20. The van der Waals surface area contributed by atoms with Crippen molar-refractivity contribution in [2.75, 3.05) is 13.1 Å². The first-order valence-corrected chi connectivity index (χ1v) is 5.74. The minimum absolute atomic E-state index is 0.303. The van der Waals surface area contributed by atoms with Gasteiger partial charge in [-0.3, -0.25) is 4.68 Å². The molecule has 1 atom stereocenters. The van der Waals surface area contributed by atoms with E-state index in [1.165, 1.54) is 6.20 Å². The van der Waals surface area contributed by atoms with Crippen LogP contribution in [0.15, 0.2) is 6.20 Å². The Morgan fingerprint density at radius 1 is 1.75 bits per heavy atom. The molecule has 0 spiro atoms. The first-order chi connectivity index (χ1) is 7.74. The quantitative estimate of drug-likeness (QED) is 0.804. The fraction of sp³-hybridized carbons (Fsp3) is 0.636. The van der Waals surface area contributed by atoms with Crippen LogP contribution in [0.2, 0.25) is 0 Å². The van der Waals surface area contributed by atoms with E-state index in [-0.39, 0.29) is 0 Å². The first-order valence-electron chi connectivity index (χ1n) is 5.74. The molecule has 2 heterocycles. The van der Waals surface area contributed by atoms with Crippen molar-refractivity contribution in [3.8, 4) is 0 Å². The maximum atomic E-state index is 11.0. The number of nitrogens with one attached hydrogen (secondary N) is 1. The number of carboxylic acids is 1. The fourth-order valence-electron chi connectivity index (χ4n) is 2.28. The van der Waals surface area contributed by atoms with Gasteiger partial charge in [0, 0.05) is 6.54 Å². The normalized spacial score (nSPS) is 20.9. The summed E-state index contributed by atoms with van der Waals surface area (Å²) in [6.07, 6.45) is 4.37. The Balaban J connectivity index is 2.29. The highest BCUT2D eigenvalue weighted by Gasteiger charge is 2.22. The molecule has 0 bridgehead atoms. The second-order valence-corrected chi connectivity index (χ2v) is 4.11. The number of hydrogen-bond donors (Lipinski definition) is 2. The third-order valence-corrected chi connectivity index (χ3v) is 3.08. The van der Waals surface area contributed by atoms with Crippen molar-refractivity contribution in [2.45, 2.75) is 32.2 Å². The maximum absolute atomic E-state index is 11.0. The number of rotatable bonds is 3. The van der Waals surface area contributed by atoms with Gasteiger partial charge in [0.05, 0.1) is 17.9 Å². The minimum Gasteiger partial charge on any atom is -0.478 e. The summed E-state index contributed by atoms with van der Waals surface area (Å²) in [4.78, 5) is 11.0. The van der Waals surface area contributed by atoms with Gasteiger partial charge in [-0.2, -0.15) is 5.10 Å². The molecule has 2 N–H and O–H groups in total. The molecule has 88 valence electrons. The van der Waals surface area contributed by atoms with Crippen LogP contribution in [0.4, 0.5) is 0 Å². The number of aromatic nitrogens is 2. The Hall–Kier alpha value is -1.36. The Labute approximate surface area is 94.5 Å². The third-order valence-electron chi connectivity index (χ3n) is 3.08. The molecule has 1 saturated heterocycles. The molecule has 1 aromatic heterocycles. The van der Waals surface area contributed by atoms with Crippen LogP contribution in [0.1, 0.15) is 41.9 Å². The highest BCUT2D eigenvalue weighted by atomic mass is 16.4. The lowest BCUT2D eigenvalue weighted by molar-refractivity contribution is 0.0695. The van der Waals surface area contributed by atoms with Crippen LogP contribution in [-0.2, 0) is 6.42 Å². The van der Waals surface area contributed by atoms with Gasteiger partial charge in [0.15, 0.2) is 0 Å². The Morgan fingerprint density at radius 2 is 2.56 bits per heavy atom. The summed E-state index contributed by atoms with van der Waals surface area (Å²) in [5, 5.41) is 16.6. The molecular formula is C11H17N3O2. The summed E-state index contributed by atoms with van der Waals surface area (Å²) in [6.45, 7) is 3.90. The molecule has 1 aromatic rings. The van der Waals surface area contributed by atoms with Crippen LogP contribution in [0.3, 0.4) is 0 Å².